The molecule has 0 atom stereocenters. The smallest absolute Gasteiger partial charge is 0.344 e. The molecule has 6 aromatic heterocycles. The van der Waals surface area contributed by atoms with Gasteiger partial charge in [-0.15, -0.1) is 20.4 Å². The van der Waals surface area contributed by atoms with Crippen molar-refractivity contribution in [1.82, 2.24) is 102 Å². The maximum atomic E-state index is 13.0. The van der Waals surface area contributed by atoms with E-state index in [-0.39, 0.29) is 59.1 Å². The van der Waals surface area contributed by atoms with Gasteiger partial charge in [-0.2, -0.15) is 23.8 Å². The number of allylic oxidation sites excluding steroid dienone is 1. The topological polar surface area (TPSA) is 406 Å². The molecule has 5 N–H and O–H groups in total. The van der Waals surface area contributed by atoms with Gasteiger partial charge in [0.1, 0.15) is 0 Å². The lowest BCUT2D eigenvalue weighted by molar-refractivity contribution is -0.142. The molecule has 8 aliphatic rings. The van der Waals surface area contributed by atoms with E-state index < -0.39 is 36.0 Å². The number of sulfonamides is 3. The Balaban J connectivity index is 0.000000137. The second kappa shape index (κ2) is 41.6. The first kappa shape index (κ1) is 96.2. The van der Waals surface area contributed by atoms with Gasteiger partial charge >= 0.3 is 36.1 Å². The number of piperazine rings is 4. The summed E-state index contributed by atoms with van der Waals surface area (Å²) < 4.78 is 83.9. The number of hydrogen-bond donors (Lipinski definition) is 5. The van der Waals surface area contributed by atoms with Crippen LogP contribution in [-0.4, -0.2) is 344 Å². The van der Waals surface area contributed by atoms with E-state index in [2.05, 4.69) is 191 Å². The summed E-state index contributed by atoms with van der Waals surface area (Å²) in [6.07, 6.45) is 20.1. The molecule has 8 fully saturated rings. The largest absolute Gasteiger partial charge is 0.481 e. The van der Waals surface area contributed by atoms with Crippen molar-refractivity contribution in [3.05, 3.63) is 186 Å². The van der Waals surface area contributed by atoms with Gasteiger partial charge in [0.15, 0.2) is 23.3 Å². The van der Waals surface area contributed by atoms with Gasteiger partial charge in [-0.05, 0) is 153 Å². The summed E-state index contributed by atoms with van der Waals surface area (Å²) in [5.41, 5.74) is 13.2. The molecule has 8 aliphatic heterocycles. The second-order valence-electron chi connectivity index (χ2n) is 36.2. The Hall–Kier alpha value is -12.4. The molecular formula is C91H123N27O13S3. The number of piperidine rings is 2. The predicted molar refractivity (Wildman–Crippen MR) is 514 cm³/mol. The van der Waals surface area contributed by atoms with E-state index in [1.54, 1.807) is 27.0 Å². The van der Waals surface area contributed by atoms with E-state index in [0.717, 1.165) is 189 Å². The molecule has 18 rings (SSSR count). The lowest BCUT2D eigenvalue weighted by Gasteiger charge is -2.45. The van der Waals surface area contributed by atoms with Crippen LogP contribution in [0.3, 0.4) is 0 Å². The maximum Gasteiger partial charge on any atom is 0.344 e. The number of anilines is 6. The highest BCUT2D eigenvalue weighted by Gasteiger charge is 2.44. The third-order valence-electron chi connectivity index (χ3n) is 26.0. The minimum absolute atomic E-state index is 0.0475. The van der Waals surface area contributed by atoms with E-state index in [4.69, 9.17) is 0 Å². The minimum Gasteiger partial charge on any atom is -0.481 e. The van der Waals surface area contributed by atoms with Crippen LogP contribution < -0.4 is 29.3 Å². The van der Waals surface area contributed by atoms with Crippen molar-refractivity contribution >= 4 is 123 Å². The summed E-state index contributed by atoms with van der Waals surface area (Å²) >= 11 is 0. The molecule has 8 saturated heterocycles. The molecule has 4 aromatic carbocycles. The van der Waals surface area contributed by atoms with Gasteiger partial charge in [-0.1, -0.05) is 43.0 Å². The summed E-state index contributed by atoms with van der Waals surface area (Å²) in [5.74, 6) is 0.0375. The Labute approximate surface area is 781 Å². The number of likely N-dealkylation sites (tertiary alicyclic amines) is 3. The number of aromatic nitrogens is 11. The molecule has 718 valence electrons. The van der Waals surface area contributed by atoms with Gasteiger partial charge in [0, 0.05) is 273 Å². The molecule has 0 saturated carbocycles. The Morgan fingerprint density at radius 3 is 1.27 bits per heavy atom. The van der Waals surface area contributed by atoms with Crippen LogP contribution in [0.25, 0.3) is 21.8 Å². The summed E-state index contributed by atoms with van der Waals surface area (Å²) in [6, 6.07) is 33.8. The number of rotatable bonds is 19. The third kappa shape index (κ3) is 24.6. The zero-order valence-electron chi connectivity index (χ0n) is 77.5. The highest BCUT2D eigenvalue weighted by molar-refractivity contribution is 7.92. The SMILES string of the molecule is C=C(C)Nc1ccn(C(=O)N2CCC3(CCCN3Cc3ccc4c(ccn4C)c3)CC2)n1.Cc1ccc(CN2CCN(C(=O)n3ccc(NS(C)(=O)=O)n3)CC2)c(N2CCC(C(=O)O)CC2)c1.Cc1ccc(CN2CCN(C(=O)n3ccc(NS(C)(=O)=O)n3)CC2)c(N2CCN(C(=O)N3CCC3)CC2)c1.Cn1ncc2cc(CN3CCN(C(=O)n4ccc(NS(C)(=O)=O)n4)CC3)ccc21. The monoisotopic (exact) mass is 1900 g/mol. The van der Waals surface area contributed by atoms with Gasteiger partial charge in [0.25, 0.3) is 0 Å². The van der Waals surface area contributed by atoms with Crippen molar-refractivity contribution in [3.8, 4) is 0 Å². The fraction of sp³-hybridized carbons (Fsp3) is 0.484. The second-order valence-corrected chi connectivity index (χ2v) is 41.5. The van der Waals surface area contributed by atoms with Crippen molar-refractivity contribution in [1.29, 1.82) is 0 Å². The van der Waals surface area contributed by atoms with Gasteiger partial charge in [0.05, 0.1) is 36.4 Å². The zero-order valence-corrected chi connectivity index (χ0v) is 79.9. The van der Waals surface area contributed by atoms with Crippen molar-refractivity contribution < 1.29 is 59.1 Å². The fourth-order valence-electron chi connectivity index (χ4n) is 18.7. The zero-order chi connectivity index (χ0) is 94.9. The van der Waals surface area contributed by atoms with Crippen LogP contribution in [0.1, 0.15) is 85.3 Å². The lowest BCUT2D eigenvalue weighted by atomic mass is 9.84. The number of urea groups is 1. The van der Waals surface area contributed by atoms with E-state index in [1.807, 2.05) is 39.5 Å². The van der Waals surface area contributed by atoms with Gasteiger partial charge < -0.3 is 54.2 Å². The standard InChI is InChI=1S/C25H36N8O4S.C25H32N6O.C23H32N6O5S.C18H23N7O3S/c1-20-4-5-21(22(18-20)29-14-16-31(17-15-29)24(34)30-7-3-8-30)19-28-10-12-32(13-11-28)25(35)33-9-6-23(26-33)27-38(2,36)37;1-19(2)26-23-8-14-31(27-23)24(32)29-15-10-25(11-16-29)9-4-12-30(25)18-20-5-6-22-21(17-20)7-13-28(22)3;1-17-3-4-19(20(15-17)27-8-5-18(6-9-27)22(30)31)16-26-11-13-28(14-12-26)23(32)29-10-7-21(24-29)25-35(2,33)34;1-22-16-4-3-14(11-15(16)12-19-22)13-23-7-9-24(10-8-23)18(26)25-6-5-17(20-25)21-29(2,27)28/h4-6,9,18H,3,7-8,10-17,19H2,1-2H3,(H,26,27);5-8,13-14,17H,1,4,9-12,15-16,18H2,2-3H3,(H,26,27);3-4,7,10,15,18H,5-6,8-9,11-14,16H2,1-2H3,(H,24,25)(H,30,31);3-6,11-12H,7-10,13H2,1-2H3,(H,20,21). The number of aliphatic carboxylic acids is 1. The van der Waals surface area contributed by atoms with Gasteiger partial charge in [0.2, 0.25) is 30.1 Å². The highest BCUT2D eigenvalue weighted by Crippen LogP contribution is 2.41. The first-order chi connectivity index (χ1) is 64.0. The molecule has 0 aliphatic carbocycles. The number of carbonyl (C=O) groups is 6. The number of fused-ring (bicyclic) bond motifs is 2. The number of benzene rings is 4. The van der Waals surface area contributed by atoms with Crippen molar-refractivity contribution in [3.63, 3.8) is 0 Å². The number of nitrogens with one attached hydrogen (secondary N) is 4. The Kier molecular flexibility index (Phi) is 29.9. The first-order valence-electron chi connectivity index (χ1n) is 45.6. The van der Waals surface area contributed by atoms with Gasteiger partial charge in [-0.3, -0.25) is 43.2 Å². The number of amides is 6. The lowest BCUT2D eigenvalue weighted by Crippen LogP contribution is -2.56. The quantitative estimate of drug-likeness (QED) is 0.0508. The molecule has 40 nitrogen and oxygen atoms in total. The number of aryl methyl sites for hydroxylation is 4. The molecule has 10 aromatic rings. The summed E-state index contributed by atoms with van der Waals surface area (Å²) in [7, 11) is -6.32. The molecule has 0 unspecified atom stereocenters. The highest BCUT2D eigenvalue weighted by atomic mass is 32.2. The molecule has 0 bridgehead atoms. The van der Waals surface area contributed by atoms with Gasteiger partial charge in [-0.25, -0.2) is 49.2 Å². The van der Waals surface area contributed by atoms with Crippen LogP contribution in [-0.2, 0) is 75.1 Å². The molecule has 6 amide bonds. The van der Waals surface area contributed by atoms with E-state index in [1.165, 1.54) is 114 Å². The average Bonchev–Trinajstić information content (AvgIpc) is 1.71. The Morgan fingerprint density at radius 2 is 0.821 bits per heavy atom. The Bertz CT molecular complexity index is 6250. The van der Waals surface area contributed by atoms with E-state index >= 15 is 0 Å². The number of carboxylic acids is 1. The van der Waals surface area contributed by atoms with Crippen LogP contribution in [0.4, 0.5) is 58.6 Å². The average molecular weight is 1900 g/mol. The number of carboxylic acid groups (broad SMARTS) is 1. The summed E-state index contributed by atoms with van der Waals surface area (Å²) in [4.78, 5) is 100. The maximum absolute atomic E-state index is 13.0. The molecule has 14 heterocycles. The molecule has 134 heavy (non-hydrogen) atoms. The number of carbonyl (C=O) groups excluding carboxylic acids is 5. The van der Waals surface area contributed by atoms with Crippen LogP contribution >= 0.6 is 0 Å². The van der Waals surface area contributed by atoms with Crippen molar-refractivity contribution in [2.24, 2.45) is 20.0 Å². The minimum atomic E-state index is -3.46. The fourth-order valence-corrected chi connectivity index (χ4v) is 20.1. The van der Waals surface area contributed by atoms with Crippen LogP contribution in [0, 0.1) is 19.8 Å². The van der Waals surface area contributed by atoms with E-state index in [0.29, 0.717) is 71.0 Å². The molecule has 1 spiro atoms. The van der Waals surface area contributed by atoms with Crippen LogP contribution in [0.15, 0.2) is 153 Å². The Morgan fingerprint density at radius 1 is 0.418 bits per heavy atom. The molecular weight excluding hydrogens is 1780 g/mol. The number of nitrogens with zero attached hydrogens (tertiary/aromatic N) is 23. The predicted octanol–water partition coefficient (Wildman–Crippen LogP) is 8.29. The van der Waals surface area contributed by atoms with Crippen molar-refractivity contribution in [2.75, 3.05) is 199 Å². The van der Waals surface area contributed by atoms with Crippen LogP contribution in [0.5, 0.6) is 0 Å². The molecule has 0 radical (unpaired) electrons. The first-order valence-corrected chi connectivity index (χ1v) is 51.2. The normalized spacial score (nSPS) is 17.9. The van der Waals surface area contributed by atoms with Crippen LogP contribution in [0.2, 0.25) is 0 Å². The molecule has 43 heteroatoms. The number of hydrogen-bond acceptors (Lipinski definition) is 24. The van der Waals surface area contributed by atoms with E-state index in [9.17, 15) is 59.1 Å². The van der Waals surface area contributed by atoms with Crippen molar-refractivity contribution in [2.45, 2.75) is 97.4 Å². The third-order valence-corrected chi connectivity index (χ3v) is 27.7. The summed E-state index contributed by atoms with van der Waals surface area (Å²) in [6.45, 7) is 30.0. The summed E-state index contributed by atoms with van der Waals surface area (Å²) in [5, 5.41) is 35.5.